The number of carbonyl (C=O) groups is 1. The van der Waals surface area contributed by atoms with Crippen LogP contribution in [0.1, 0.15) is 18.9 Å². The molecule has 0 spiro atoms. The first kappa shape index (κ1) is 15.9. The molecule has 108 valence electrons. The van der Waals surface area contributed by atoms with Crippen molar-refractivity contribution in [3.05, 3.63) is 29.6 Å². The molecular formula is C14H17FN2O3. The van der Waals surface area contributed by atoms with Gasteiger partial charge in [-0.3, -0.25) is 4.79 Å². The van der Waals surface area contributed by atoms with Gasteiger partial charge in [-0.25, -0.2) is 4.39 Å². The van der Waals surface area contributed by atoms with Gasteiger partial charge >= 0.3 is 0 Å². The maximum atomic E-state index is 13.6. The van der Waals surface area contributed by atoms with Gasteiger partial charge in [0.05, 0.1) is 11.6 Å². The third-order valence-corrected chi connectivity index (χ3v) is 2.56. The standard InChI is InChI=1S/C14H17FN2O3/c1-10(14(18)17-6-3-7-19-2)20-13-5-4-11(9-16)8-12(13)15/h4-5,8,10H,3,6-7H2,1-2H3,(H,17,18). The van der Waals surface area contributed by atoms with E-state index in [0.717, 1.165) is 6.07 Å². The van der Waals surface area contributed by atoms with Crippen LogP contribution in [0.15, 0.2) is 18.2 Å². The molecule has 1 unspecified atom stereocenters. The summed E-state index contributed by atoms with van der Waals surface area (Å²) >= 11 is 0. The summed E-state index contributed by atoms with van der Waals surface area (Å²) in [5.41, 5.74) is 0.200. The SMILES string of the molecule is COCCCNC(=O)C(C)Oc1ccc(C#N)cc1F. The summed E-state index contributed by atoms with van der Waals surface area (Å²) in [7, 11) is 1.58. The first-order valence-corrected chi connectivity index (χ1v) is 6.21. The van der Waals surface area contributed by atoms with Gasteiger partial charge in [-0.05, 0) is 31.5 Å². The molecule has 20 heavy (non-hydrogen) atoms. The number of rotatable bonds is 7. The molecule has 0 saturated heterocycles. The highest BCUT2D eigenvalue weighted by molar-refractivity contribution is 5.80. The average molecular weight is 280 g/mol. The minimum absolute atomic E-state index is 0.0523. The molecule has 0 radical (unpaired) electrons. The van der Waals surface area contributed by atoms with Crippen molar-refractivity contribution < 1.29 is 18.7 Å². The Morgan fingerprint density at radius 1 is 1.55 bits per heavy atom. The van der Waals surface area contributed by atoms with E-state index in [1.54, 1.807) is 7.11 Å². The van der Waals surface area contributed by atoms with E-state index in [0.29, 0.717) is 19.6 Å². The molecule has 6 heteroatoms. The maximum Gasteiger partial charge on any atom is 0.260 e. The molecule has 0 aliphatic carbocycles. The van der Waals surface area contributed by atoms with E-state index in [9.17, 15) is 9.18 Å². The van der Waals surface area contributed by atoms with Crippen LogP contribution < -0.4 is 10.1 Å². The van der Waals surface area contributed by atoms with Gasteiger partial charge in [-0.15, -0.1) is 0 Å². The van der Waals surface area contributed by atoms with Gasteiger partial charge in [0.1, 0.15) is 0 Å². The number of halogens is 1. The molecule has 1 aromatic carbocycles. The smallest absolute Gasteiger partial charge is 0.260 e. The fraction of sp³-hybridized carbons (Fsp3) is 0.429. The van der Waals surface area contributed by atoms with Crippen molar-refractivity contribution in [2.45, 2.75) is 19.4 Å². The molecule has 1 N–H and O–H groups in total. The zero-order chi connectivity index (χ0) is 15.0. The lowest BCUT2D eigenvalue weighted by Gasteiger charge is -2.15. The minimum atomic E-state index is -0.819. The van der Waals surface area contributed by atoms with Crippen molar-refractivity contribution in [1.82, 2.24) is 5.32 Å². The van der Waals surface area contributed by atoms with E-state index in [4.69, 9.17) is 14.7 Å². The first-order chi connectivity index (χ1) is 9.58. The molecule has 1 amide bonds. The number of hydrogen-bond acceptors (Lipinski definition) is 4. The number of methoxy groups -OCH3 is 1. The van der Waals surface area contributed by atoms with Crippen LogP contribution in [-0.4, -0.2) is 32.3 Å². The first-order valence-electron chi connectivity index (χ1n) is 6.21. The molecule has 0 fully saturated rings. The average Bonchev–Trinajstić information content (AvgIpc) is 2.45. The molecule has 0 saturated carbocycles. The van der Waals surface area contributed by atoms with Gasteiger partial charge < -0.3 is 14.8 Å². The predicted molar refractivity (Wildman–Crippen MR) is 70.7 cm³/mol. The molecule has 5 nitrogen and oxygen atoms in total. The van der Waals surface area contributed by atoms with E-state index in [2.05, 4.69) is 5.32 Å². The lowest BCUT2D eigenvalue weighted by Crippen LogP contribution is -2.37. The Kier molecular flexibility index (Phi) is 6.47. The van der Waals surface area contributed by atoms with Crippen LogP contribution in [0.2, 0.25) is 0 Å². The normalized spacial score (nSPS) is 11.5. The Bertz CT molecular complexity index is 500. The summed E-state index contributed by atoms with van der Waals surface area (Å²) < 4.78 is 23.7. The number of hydrogen-bond donors (Lipinski definition) is 1. The second-order valence-corrected chi connectivity index (χ2v) is 4.15. The second kappa shape index (κ2) is 8.12. The van der Waals surface area contributed by atoms with E-state index in [-0.39, 0.29) is 17.2 Å². The predicted octanol–water partition coefficient (Wildman–Crippen LogP) is 1.62. The topological polar surface area (TPSA) is 71.3 Å². The number of nitriles is 1. The number of ether oxygens (including phenoxy) is 2. The van der Waals surface area contributed by atoms with E-state index >= 15 is 0 Å². The van der Waals surface area contributed by atoms with E-state index in [1.807, 2.05) is 6.07 Å². The third-order valence-electron chi connectivity index (χ3n) is 2.56. The Hall–Kier alpha value is -2.13. The molecule has 0 aromatic heterocycles. The molecule has 1 atom stereocenters. The van der Waals surface area contributed by atoms with Crippen LogP contribution >= 0.6 is 0 Å². The second-order valence-electron chi connectivity index (χ2n) is 4.15. The molecule has 0 heterocycles. The summed E-state index contributed by atoms with van der Waals surface area (Å²) in [6.45, 7) is 2.55. The number of amides is 1. The Labute approximate surface area is 117 Å². The van der Waals surface area contributed by atoms with Crippen LogP contribution in [0, 0.1) is 17.1 Å². The van der Waals surface area contributed by atoms with Crippen molar-refractivity contribution in [2.75, 3.05) is 20.3 Å². The number of carbonyl (C=O) groups excluding carboxylic acids is 1. The number of benzene rings is 1. The van der Waals surface area contributed by atoms with Crippen molar-refractivity contribution in [3.63, 3.8) is 0 Å². The lowest BCUT2D eigenvalue weighted by molar-refractivity contribution is -0.127. The molecule has 0 aliphatic rings. The summed E-state index contributed by atoms with van der Waals surface area (Å²) in [6.07, 6.45) is -0.125. The highest BCUT2D eigenvalue weighted by Crippen LogP contribution is 2.19. The lowest BCUT2D eigenvalue weighted by atomic mass is 10.2. The van der Waals surface area contributed by atoms with Crippen LogP contribution in [-0.2, 0) is 9.53 Å². The molecule has 0 aliphatic heterocycles. The minimum Gasteiger partial charge on any atom is -0.478 e. The highest BCUT2D eigenvalue weighted by atomic mass is 19.1. The quantitative estimate of drug-likeness (QED) is 0.770. The number of nitrogens with zero attached hydrogens (tertiary/aromatic N) is 1. The van der Waals surface area contributed by atoms with Crippen LogP contribution in [0.3, 0.4) is 0 Å². The van der Waals surface area contributed by atoms with Crippen molar-refractivity contribution in [1.29, 1.82) is 5.26 Å². The van der Waals surface area contributed by atoms with Crippen molar-refractivity contribution >= 4 is 5.91 Å². The maximum absolute atomic E-state index is 13.6. The third kappa shape index (κ3) is 4.86. The highest BCUT2D eigenvalue weighted by Gasteiger charge is 2.16. The van der Waals surface area contributed by atoms with Gasteiger partial charge in [0.15, 0.2) is 17.7 Å². The van der Waals surface area contributed by atoms with Crippen molar-refractivity contribution in [2.24, 2.45) is 0 Å². The monoisotopic (exact) mass is 280 g/mol. The Balaban J connectivity index is 2.51. The van der Waals surface area contributed by atoms with E-state index < -0.39 is 11.9 Å². The Morgan fingerprint density at radius 2 is 2.30 bits per heavy atom. The van der Waals surface area contributed by atoms with Crippen molar-refractivity contribution in [3.8, 4) is 11.8 Å². The molecule has 1 aromatic rings. The molecule has 1 rings (SSSR count). The fourth-order valence-corrected chi connectivity index (χ4v) is 1.48. The van der Waals surface area contributed by atoms with Crippen LogP contribution in [0.5, 0.6) is 5.75 Å². The summed E-state index contributed by atoms with van der Waals surface area (Å²) in [4.78, 5) is 11.7. The molecule has 0 bridgehead atoms. The fourth-order valence-electron chi connectivity index (χ4n) is 1.48. The zero-order valence-electron chi connectivity index (χ0n) is 11.5. The summed E-state index contributed by atoms with van der Waals surface area (Å²) in [5.74, 6) is -1.04. The Morgan fingerprint density at radius 3 is 2.90 bits per heavy atom. The van der Waals surface area contributed by atoms with Gasteiger partial charge in [-0.2, -0.15) is 5.26 Å². The summed E-state index contributed by atoms with van der Waals surface area (Å²) in [5, 5.41) is 11.3. The van der Waals surface area contributed by atoms with Crippen LogP contribution in [0.4, 0.5) is 4.39 Å². The largest absolute Gasteiger partial charge is 0.478 e. The molecular weight excluding hydrogens is 263 g/mol. The van der Waals surface area contributed by atoms with Crippen LogP contribution in [0.25, 0.3) is 0 Å². The van der Waals surface area contributed by atoms with Gasteiger partial charge in [0.25, 0.3) is 5.91 Å². The van der Waals surface area contributed by atoms with Gasteiger partial charge in [-0.1, -0.05) is 0 Å². The van der Waals surface area contributed by atoms with E-state index in [1.165, 1.54) is 19.1 Å². The zero-order valence-corrected chi connectivity index (χ0v) is 11.5. The van der Waals surface area contributed by atoms with Gasteiger partial charge in [0.2, 0.25) is 0 Å². The summed E-state index contributed by atoms with van der Waals surface area (Å²) in [6, 6.07) is 5.66. The number of nitrogens with one attached hydrogen (secondary N) is 1. The van der Waals surface area contributed by atoms with Gasteiger partial charge in [0, 0.05) is 20.3 Å².